The lowest BCUT2D eigenvalue weighted by molar-refractivity contribution is 0.356. The predicted octanol–water partition coefficient (Wildman–Crippen LogP) is 5.20. The van der Waals surface area contributed by atoms with Crippen LogP contribution in [0.4, 0.5) is 0 Å². The monoisotopic (exact) mass is 206 g/mol. The number of hydrogen-bond acceptors (Lipinski definition) is 0. The van der Waals surface area contributed by atoms with Crippen molar-refractivity contribution in [3.8, 4) is 0 Å². The molecule has 0 saturated carbocycles. The van der Waals surface area contributed by atoms with Crippen molar-refractivity contribution < 1.29 is 0 Å². The predicted molar refractivity (Wildman–Crippen MR) is 64.7 cm³/mol. The molecule has 0 aromatic carbocycles. The summed E-state index contributed by atoms with van der Waals surface area (Å²) in [5, 5.41) is 0. The summed E-state index contributed by atoms with van der Waals surface area (Å²) in [6, 6.07) is 0. The molecule has 0 N–H and O–H groups in total. The highest BCUT2D eigenvalue weighted by Crippen LogP contribution is 2.22. The zero-order chi connectivity index (χ0) is 9.45. The minimum absolute atomic E-state index is 0. The molecule has 0 unspecified atom stereocenters. The molecule has 0 saturated heterocycles. The highest BCUT2D eigenvalue weighted by atomic mass is 35.5. The van der Waals surface area contributed by atoms with Gasteiger partial charge in [0.25, 0.3) is 0 Å². The highest BCUT2D eigenvalue weighted by molar-refractivity contribution is 5.85. The van der Waals surface area contributed by atoms with Crippen LogP contribution in [0.3, 0.4) is 0 Å². The first-order valence-electron chi connectivity index (χ1n) is 5.56. The maximum Gasteiger partial charge on any atom is -0.0383 e. The lowest BCUT2D eigenvalue weighted by Gasteiger charge is -2.17. The van der Waals surface area contributed by atoms with Crippen LogP contribution in [0.2, 0.25) is 0 Å². The quantitative estimate of drug-likeness (QED) is 0.524. The molecule has 82 valence electrons. The third kappa shape index (κ3) is 15.1. The Hall–Kier alpha value is 0.290. The summed E-state index contributed by atoms with van der Waals surface area (Å²) in [6.07, 6.45) is 9.93. The van der Waals surface area contributed by atoms with Crippen LogP contribution >= 0.6 is 12.4 Å². The normalized spacial score (nSPS) is 11.1. The van der Waals surface area contributed by atoms with Gasteiger partial charge in [0, 0.05) is 0 Å². The van der Waals surface area contributed by atoms with Crippen LogP contribution in [0.25, 0.3) is 0 Å². The van der Waals surface area contributed by atoms with Crippen molar-refractivity contribution in [1.82, 2.24) is 0 Å². The lowest BCUT2D eigenvalue weighted by Crippen LogP contribution is -2.03. The van der Waals surface area contributed by atoms with Crippen LogP contribution in [0.15, 0.2) is 0 Å². The van der Waals surface area contributed by atoms with Crippen molar-refractivity contribution >= 4 is 12.4 Å². The third-order valence-corrected chi connectivity index (χ3v) is 2.28. The van der Waals surface area contributed by atoms with E-state index in [1.807, 2.05) is 0 Å². The minimum Gasteiger partial charge on any atom is -0.147 e. The molecule has 1 heteroatoms. The molecule has 0 nitrogen and oxygen atoms in total. The average molecular weight is 207 g/mol. The SMILES string of the molecule is CCCCCCCCC(C)(C)C.Cl. The zero-order valence-electron chi connectivity index (χ0n) is 9.86. The summed E-state index contributed by atoms with van der Waals surface area (Å²) >= 11 is 0. The first-order chi connectivity index (χ1) is 5.56. The first kappa shape index (κ1) is 15.7. The molecular formula is C12H27Cl. The van der Waals surface area contributed by atoms with E-state index in [9.17, 15) is 0 Å². The van der Waals surface area contributed by atoms with Crippen LogP contribution < -0.4 is 0 Å². The Balaban J connectivity index is 0. The van der Waals surface area contributed by atoms with Gasteiger partial charge < -0.3 is 0 Å². The Morgan fingerprint density at radius 3 is 1.69 bits per heavy atom. The summed E-state index contributed by atoms with van der Waals surface area (Å²) < 4.78 is 0. The Bertz CT molecular complexity index is 91.8. The second-order valence-corrected chi connectivity index (χ2v) is 5.08. The Kier molecular flexibility index (Phi) is 10.7. The lowest BCUT2D eigenvalue weighted by atomic mass is 9.89. The summed E-state index contributed by atoms with van der Waals surface area (Å²) in [5.74, 6) is 0. The van der Waals surface area contributed by atoms with Crippen LogP contribution in [0.5, 0.6) is 0 Å². The van der Waals surface area contributed by atoms with Crippen LogP contribution in [0, 0.1) is 5.41 Å². The summed E-state index contributed by atoms with van der Waals surface area (Å²) in [4.78, 5) is 0. The van der Waals surface area contributed by atoms with E-state index in [1.54, 1.807) is 0 Å². The summed E-state index contributed by atoms with van der Waals surface area (Å²) in [6.45, 7) is 9.27. The third-order valence-electron chi connectivity index (χ3n) is 2.28. The van der Waals surface area contributed by atoms with Gasteiger partial charge in [0.1, 0.15) is 0 Å². The minimum atomic E-state index is 0. The van der Waals surface area contributed by atoms with Gasteiger partial charge in [-0.15, -0.1) is 12.4 Å². The van der Waals surface area contributed by atoms with E-state index in [1.165, 1.54) is 44.9 Å². The van der Waals surface area contributed by atoms with E-state index in [2.05, 4.69) is 27.7 Å². The standard InChI is InChI=1S/C12H26.ClH/c1-5-6-7-8-9-10-11-12(2,3)4;/h5-11H2,1-4H3;1H. The number of unbranched alkanes of at least 4 members (excludes halogenated alkanes) is 5. The molecule has 13 heavy (non-hydrogen) atoms. The fourth-order valence-electron chi connectivity index (χ4n) is 1.44. The van der Waals surface area contributed by atoms with E-state index in [4.69, 9.17) is 0 Å². The average Bonchev–Trinajstić information content (AvgIpc) is 1.94. The van der Waals surface area contributed by atoms with Crippen LogP contribution in [0.1, 0.15) is 72.6 Å². The van der Waals surface area contributed by atoms with E-state index in [0.29, 0.717) is 5.41 Å². The summed E-state index contributed by atoms with van der Waals surface area (Å²) in [5.41, 5.74) is 0.546. The second-order valence-electron chi connectivity index (χ2n) is 5.08. The molecule has 0 fully saturated rings. The van der Waals surface area contributed by atoms with Crippen molar-refractivity contribution in [3.05, 3.63) is 0 Å². The van der Waals surface area contributed by atoms with Gasteiger partial charge in [0.15, 0.2) is 0 Å². The van der Waals surface area contributed by atoms with Crippen molar-refractivity contribution in [3.63, 3.8) is 0 Å². The molecule has 0 rings (SSSR count). The van der Waals surface area contributed by atoms with Gasteiger partial charge >= 0.3 is 0 Å². The van der Waals surface area contributed by atoms with Gasteiger partial charge in [0.05, 0.1) is 0 Å². The molecule has 0 aromatic rings. The van der Waals surface area contributed by atoms with Gasteiger partial charge in [-0.25, -0.2) is 0 Å². The van der Waals surface area contributed by atoms with E-state index in [-0.39, 0.29) is 12.4 Å². The van der Waals surface area contributed by atoms with Gasteiger partial charge in [0.2, 0.25) is 0 Å². The molecule has 0 atom stereocenters. The van der Waals surface area contributed by atoms with Crippen LogP contribution in [-0.4, -0.2) is 0 Å². The van der Waals surface area contributed by atoms with Crippen LogP contribution in [-0.2, 0) is 0 Å². The Morgan fingerprint density at radius 1 is 0.769 bits per heavy atom. The fourth-order valence-corrected chi connectivity index (χ4v) is 1.44. The molecular weight excluding hydrogens is 180 g/mol. The zero-order valence-corrected chi connectivity index (χ0v) is 10.7. The summed E-state index contributed by atoms with van der Waals surface area (Å²) in [7, 11) is 0. The van der Waals surface area contributed by atoms with Gasteiger partial charge in [-0.2, -0.15) is 0 Å². The van der Waals surface area contributed by atoms with E-state index < -0.39 is 0 Å². The maximum atomic E-state index is 2.33. The van der Waals surface area contributed by atoms with Gasteiger partial charge in [-0.3, -0.25) is 0 Å². The molecule has 0 radical (unpaired) electrons. The molecule has 0 amide bonds. The molecule has 0 bridgehead atoms. The topological polar surface area (TPSA) is 0 Å². The Labute approximate surface area is 90.9 Å². The van der Waals surface area contributed by atoms with E-state index in [0.717, 1.165) is 0 Å². The van der Waals surface area contributed by atoms with E-state index >= 15 is 0 Å². The molecule has 0 heterocycles. The molecule has 0 spiro atoms. The Morgan fingerprint density at radius 2 is 1.23 bits per heavy atom. The number of hydrogen-bond donors (Lipinski definition) is 0. The number of rotatable bonds is 6. The van der Waals surface area contributed by atoms with Crippen molar-refractivity contribution in [1.29, 1.82) is 0 Å². The molecule has 0 aromatic heterocycles. The van der Waals surface area contributed by atoms with Crippen molar-refractivity contribution in [2.24, 2.45) is 5.41 Å². The van der Waals surface area contributed by atoms with Crippen molar-refractivity contribution in [2.75, 3.05) is 0 Å². The molecule has 0 aliphatic carbocycles. The number of halogens is 1. The van der Waals surface area contributed by atoms with Gasteiger partial charge in [-0.05, 0) is 11.8 Å². The van der Waals surface area contributed by atoms with Gasteiger partial charge in [-0.1, -0.05) is 66.2 Å². The largest absolute Gasteiger partial charge is 0.147 e. The smallest absolute Gasteiger partial charge is 0.0383 e. The fraction of sp³-hybridized carbons (Fsp3) is 1.00. The van der Waals surface area contributed by atoms with Crippen molar-refractivity contribution in [2.45, 2.75) is 72.6 Å². The second kappa shape index (κ2) is 8.87. The molecule has 0 aliphatic heterocycles. The molecule has 0 aliphatic rings. The maximum absolute atomic E-state index is 2.33. The first-order valence-corrected chi connectivity index (χ1v) is 5.56. The highest BCUT2D eigenvalue weighted by Gasteiger charge is 2.08.